The van der Waals surface area contributed by atoms with Gasteiger partial charge in [-0.2, -0.15) is 0 Å². The summed E-state index contributed by atoms with van der Waals surface area (Å²) in [6.07, 6.45) is 63.6. The normalized spacial score (nSPS) is 13.4. The molecule has 0 aliphatic rings. The quantitative estimate of drug-likeness (QED) is 0.0259. The van der Waals surface area contributed by atoms with E-state index in [0.717, 1.165) is 77.0 Å². The molecule has 0 amide bonds. The molecule has 0 N–H and O–H groups in total. The fourth-order valence-corrected chi connectivity index (χ4v) is 7.93. The summed E-state index contributed by atoms with van der Waals surface area (Å²) in [5.74, 6) is -1.74. The molecule has 8 heteroatoms. The molecule has 2 atom stereocenters. The average molecular weight is 938 g/mol. The predicted molar refractivity (Wildman–Crippen MR) is 282 cm³/mol. The Kier molecular flexibility index (Phi) is 46.8. The molecule has 0 aliphatic heterocycles. The highest BCUT2D eigenvalue weighted by atomic mass is 16.6. The maximum absolute atomic E-state index is 12.8. The Morgan fingerprint density at radius 1 is 0.448 bits per heavy atom. The van der Waals surface area contributed by atoms with Crippen LogP contribution in [0.25, 0.3) is 0 Å². The van der Waals surface area contributed by atoms with Gasteiger partial charge in [0, 0.05) is 19.3 Å². The van der Waals surface area contributed by atoms with Crippen molar-refractivity contribution in [2.75, 3.05) is 41.0 Å². The zero-order valence-electron chi connectivity index (χ0n) is 44.1. The molecule has 0 aromatic carbocycles. The van der Waals surface area contributed by atoms with Gasteiger partial charge in [0.2, 0.25) is 0 Å². The number of carbonyl (C=O) groups excluding carboxylic acids is 3. The van der Waals surface area contributed by atoms with E-state index in [2.05, 4.69) is 86.8 Å². The Morgan fingerprint density at radius 2 is 0.791 bits per heavy atom. The number of carboxylic acids is 1. The second-order valence-corrected chi connectivity index (χ2v) is 19.4. The van der Waals surface area contributed by atoms with Crippen LogP contribution in [0.1, 0.15) is 232 Å². The fraction of sp³-hybridized carbons (Fsp3) is 0.746. The minimum absolute atomic E-state index is 0.0379. The zero-order valence-corrected chi connectivity index (χ0v) is 44.1. The van der Waals surface area contributed by atoms with Crippen molar-refractivity contribution in [2.24, 2.45) is 0 Å². The number of rotatable bonds is 49. The molecule has 0 aromatic heterocycles. The van der Waals surface area contributed by atoms with Crippen LogP contribution in [0.5, 0.6) is 0 Å². The number of carboxylic acid groups (broad SMARTS) is 1. The van der Waals surface area contributed by atoms with Gasteiger partial charge in [0.15, 0.2) is 6.10 Å². The number of ether oxygens (including phenoxy) is 3. The van der Waals surface area contributed by atoms with Gasteiger partial charge in [-0.1, -0.05) is 209 Å². The summed E-state index contributed by atoms with van der Waals surface area (Å²) in [6.45, 7) is 4.46. The van der Waals surface area contributed by atoms with Crippen LogP contribution in [0.2, 0.25) is 0 Å². The van der Waals surface area contributed by atoms with Crippen LogP contribution in [0, 0.1) is 0 Å². The zero-order chi connectivity index (χ0) is 49.2. The summed E-state index contributed by atoms with van der Waals surface area (Å²) in [7, 11) is 5.42. The first-order valence-electron chi connectivity index (χ1n) is 27.5. The molecule has 0 fully saturated rings. The highest BCUT2D eigenvalue weighted by Crippen LogP contribution is 2.16. The van der Waals surface area contributed by atoms with Crippen LogP contribution in [0.15, 0.2) is 72.9 Å². The maximum atomic E-state index is 12.8. The molecule has 0 saturated heterocycles. The first-order valence-corrected chi connectivity index (χ1v) is 27.5. The smallest absolute Gasteiger partial charge is 0.306 e. The van der Waals surface area contributed by atoms with E-state index in [1.807, 2.05) is 0 Å². The first kappa shape index (κ1) is 63.8. The Balaban J connectivity index is 4.19. The van der Waals surface area contributed by atoms with E-state index in [-0.39, 0.29) is 42.7 Å². The molecular formula is C59H103NO7. The minimum atomic E-state index is -1.13. The van der Waals surface area contributed by atoms with Crippen molar-refractivity contribution in [2.45, 2.75) is 244 Å². The van der Waals surface area contributed by atoms with Crippen molar-refractivity contribution >= 4 is 17.9 Å². The molecule has 2 unspecified atom stereocenters. The van der Waals surface area contributed by atoms with Crippen LogP contribution in [-0.2, 0) is 28.6 Å². The summed E-state index contributed by atoms with van der Waals surface area (Å²) in [5, 5.41) is 11.7. The SMILES string of the molecule is CC/C=C/C/C=C/C/C=C/CCCCCCCCCCCCCCCC(=O)OC(COCCC(C(=O)[O-])[N+](C)(C)C)COC(=O)CCCCCCCCCCCC/C=C/C/C=C/C/C=C/CC. The number of carbonyl (C=O) groups is 3. The number of aliphatic carboxylic acids is 1. The molecular weight excluding hydrogens is 835 g/mol. The Hall–Kier alpha value is -3.23. The molecule has 386 valence electrons. The van der Waals surface area contributed by atoms with Gasteiger partial charge in [-0.05, 0) is 77.0 Å². The van der Waals surface area contributed by atoms with Gasteiger partial charge in [-0.25, -0.2) is 0 Å². The van der Waals surface area contributed by atoms with Gasteiger partial charge in [0.05, 0.1) is 40.3 Å². The number of esters is 2. The van der Waals surface area contributed by atoms with Gasteiger partial charge in [0.1, 0.15) is 12.6 Å². The molecule has 0 rings (SSSR count). The topological polar surface area (TPSA) is 102 Å². The molecule has 67 heavy (non-hydrogen) atoms. The van der Waals surface area contributed by atoms with Gasteiger partial charge >= 0.3 is 11.9 Å². The number of quaternary nitrogens is 1. The van der Waals surface area contributed by atoms with E-state index in [0.29, 0.717) is 12.8 Å². The number of hydrogen-bond acceptors (Lipinski definition) is 7. The largest absolute Gasteiger partial charge is 0.544 e. The lowest BCUT2D eigenvalue weighted by molar-refractivity contribution is -0.889. The second kappa shape index (κ2) is 49.2. The van der Waals surface area contributed by atoms with Gasteiger partial charge < -0.3 is 28.6 Å². The third kappa shape index (κ3) is 47.6. The lowest BCUT2D eigenvalue weighted by Crippen LogP contribution is -2.55. The summed E-state index contributed by atoms with van der Waals surface area (Å²) in [4.78, 5) is 37.1. The lowest BCUT2D eigenvalue weighted by Gasteiger charge is -2.34. The van der Waals surface area contributed by atoms with Crippen molar-refractivity contribution in [1.82, 2.24) is 0 Å². The molecule has 0 bridgehead atoms. The Bertz CT molecular complexity index is 1320. The van der Waals surface area contributed by atoms with E-state index < -0.39 is 18.1 Å². The van der Waals surface area contributed by atoms with E-state index >= 15 is 0 Å². The van der Waals surface area contributed by atoms with Crippen molar-refractivity contribution < 1.29 is 38.2 Å². The average Bonchev–Trinajstić information content (AvgIpc) is 3.29. The van der Waals surface area contributed by atoms with Crippen molar-refractivity contribution in [3.8, 4) is 0 Å². The number of hydrogen-bond donors (Lipinski definition) is 0. The van der Waals surface area contributed by atoms with Crippen molar-refractivity contribution in [1.29, 1.82) is 0 Å². The monoisotopic (exact) mass is 938 g/mol. The summed E-state index contributed by atoms with van der Waals surface area (Å²) < 4.78 is 17.3. The van der Waals surface area contributed by atoms with Crippen LogP contribution < -0.4 is 5.11 Å². The highest BCUT2D eigenvalue weighted by Gasteiger charge is 2.25. The third-order valence-electron chi connectivity index (χ3n) is 12.1. The lowest BCUT2D eigenvalue weighted by atomic mass is 10.0. The van der Waals surface area contributed by atoms with Crippen LogP contribution in [0.3, 0.4) is 0 Å². The second-order valence-electron chi connectivity index (χ2n) is 19.4. The molecule has 8 nitrogen and oxygen atoms in total. The van der Waals surface area contributed by atoms with Gasteiger partial charge in [-0.15, -0.1) is 0 Å². The minimum Gasteiger partial charge on any atom is -0.544 e. The van der Waals surface area contributed by atoms with Gasteiger partial charge in [0.25, 0.3) is 0 Å². The summed E-state index contributed by atoms with van der Waals surface area (Å²) in [6, 6.07) is -0.729. The summed E-state index contributed by atoms with van der Waals surface area (Å²) >= 11 is 0. The fourth-order valence-electron chi connectivity index (χ4n) is 7.93. The number of nitrogens with zero attached hydrogens (tertiary/aromatic N) is 1. The maximum Gasteiger partial charge on any atom is 0.306 e. The molecule has 0 radical (unpaired) electrons. The molecule has 0 aromatic rings. The Morgan fingerprint density at radius 3 is 1.16 bits per heavy atom. The molecule has 0 spiro atoms. The van der Waals surface area contributed by atoms with Crippen LogP contribution in [-0.4, -0.2) is 75.5 Å². The van der Waals surface area contributed by atoms with E-state index in [1.54, 1.807) is 21.1 Å². The number of likely N-dealkylation sites (N-methyl/N-ethyl adjacent to an activating group) is 1. The first-order chi connectivity index (χ1) is 32.6. The molecule has 0 aliphatic carbocycles. The Labute approximate surface area is 412 Å². The van der Waals surface area contributed by atoms with E-state index in [1.165, 1.54) is 122 Å². The van der Waals surface area contributed by atoms with Crippen LogP contribution in [0.4, 0.5) is 0 Å². The predicted octanol–water partition coefficient (Wildman–Crippen LogP) is 14.9. The molecule has 0 saturated carbocycles. The van der Waals surface area contributed by atoms with Crippen molar-refractivity contribution in [3.05, 3.63) is 72.9 Å². The highest BCUT2D eigenvalue weighted by molar-refractivity contribution is 5.70. The van der Waals surface area contributed by atoms with Gasteiger partial charge in [-0.3, -0.25) is 9.59 Å². The standard InChI is InChI=1S/C59H103NO7/c1-6-8-10-12-14-16-18-20-22-24-26-28-29-30-32-34-36-38-40-42-44-46-48-50-58(62)67-55(53-65-52-51-56(59(63)64)60(3,4)5)54-66-57(61)49-47-45-43-41-39-37-35-33-31-27-25-23-21-19-17-15-13-11-9-7-2/h8-11,14-17,20-23,55-56H,6-7,12-13,18-19,24-54H2,1-5H3/b10-8+,11-9+,16-14+,17-15+,22-20+,23-21+. The number of unbranched alkanes of at least 4 members (excludes halogenated alkanes) is 23. The number of allylic oxidation sites excluding steroid dienone is 12. The summed E-state index contributed by atoms with van der Waals surface area (Å²) in [5.41, 5.74) is 0. The third-order valence-corrected chi connectivity index (χ3v) is 12.1. The van der Waals surface area contributed by atoms with E-state index in [9.17, 15) is 19.5 Å². The van der Waals surface area contributed by atoms with Crippen LogP contribution >= 0.6 is 0 Å². The molecule has 0 heterocycles. The van der Waals surface area contributed by atoms with E-state index in [4.69, 9.17) is 14.2 Å². The van der Waals surface area contributed by atoms with Crippen molar-refractivity contribution in [3.63, 3.8) is 0 Å².